The maximum absolute atomic E-state index is 5.72. The zero-order chi connectivity index (χ0) is 13.4. The van der Waals surface area contributed by atoms with Crippen LogP contribution < -0.4 is 5.32 Å². The van der Waals surface area contributed by atoms with Gasteiger partial charge in [0, 0.05) is 19.7 Å². The highest BCUT2D eigenvalue weighted by Gasteiger charge is 2.19. The minimum Gasteiger partial charge on any atom is -0.377 e. The summed E-state index contributed by atoms with van der Waals surface area (Å²) in [6, 6.07) is 0. The summed E-state index contributed by atoms with van der Waals surface area (Å²) in [4.78, 5) is 2.54. The Balaban J connectivity index is 2.15. The van der Waals surface area contributed by atoms with Crippen molar-refractivity contribution in [2.45, 2.75) is 46.6 Å². The molecular weight excluding hydrogens is 224 g/mol. The number of nitrogens with one attached hydrogen (secondary N) is 1. The smallest absolute Gasteiger partial charge is 0.0702 e. The van der Waals surface area contributed by atoms with Gasteiger partial charge in [0.05, 0.1) is 6.10 Å². The average molecular weight is 256 g/mol. The normalized spacial score (nSPS) is 22.0. The Labute approximate surface area is 113 Å². The van der Waals surface area contributed by atoms with E-state index >= 15 is 0 Å². The molecule has 2 unspecified atom stereocenters. The number of hydrogen-bond acceptors (Lipinski definition) is 3. The zero-order valence-corrected chi connectivity index (χ0v) is 12.7. The molecule has 1 aliphatic heterocycles. The SMILES string of the molecule is CCN(CC(C)CNCC(C)C)CC1CCCO1. The molecule has 3 nitrogen and oxygen atoms in total. The van der Waals surface area contributed by atoms with Crippen molar-refractivity contribution in [1.82, 2.24) is 10.2 Å². The van der Waals surface area contributed by atoms with Gasteiger partial charge in [0.2, 0.25) is 0 Å². The number of ether oxygens (including phenoxy) is 1. The van der Waals surface area contributed by atoms with Crippen molar-refractivity contribution in [2.24, 2.45) is 11.8 Å². The molecule has 0 aromatic rings. The van der Waals surface area contributed by atoms with Gasteiger partial charge in [-0.15, -0.1) is 0 Å². The molecule has 18 heavy (non-hydrogen) atoms. The van der Waals surface area contributed by atoms with E-state index < -0.39 is 0 Å². The Morgan fingerprint density at radius 1 is 1.28 bits per heavy atom. The van der Waals surface area contributed by atoms with Gasteiger partial charge in [-0.1, -0.05) is 27.7 Å². The Morgan fingerprint density at radius 3 is 2.61 bits per heavy atom. The second kappa shape index (κ2) is 8.89. The quantitative estimate of drug-likeness (QED) is 0.685. The van der Waals surface area contributed by atoms with E-state index in [0.29, 0.717) is 12.0 Å². The molecule has 0 saturated carbocycles. The van der Waals surface area contributed by atoms with Crippen LogP contribution in [0, 0.1) is 11.8 Å². The fourth-order valence-electron chi connectivity index (χ4n) is 2.53. The number of nitrogens with zero attached hydrogens (tertiary/aromatic N) is 1. The maximum Gasteiger partial charge on any atom is 0.0702 e. The summed E-state index contributed by atoms with van der Waals surface area (Å²) in [5, 5.41) is 3.55. The summed E-state index contributed by atoms with van der Waals surface area (Å²) in [5.41, 5.74) is 0. The molecule has 0 radical (unpaired) electrons. The van der Waals surface area contributed by atoms with E-state index in [-0.39, 0.29) is 0 Å². The van der Waals surface area contributed by atoms with Gasteiger partial charge in [-0.05, 0) is 44.3 Å². The molecule has 1 aliphatic rings. The molecule has 0 aromatic heterocycles. The molecule has 2 atom stereocenters. The second-order valence-electron chi connectivity index (χ2n) is 6.14. The summed E-state index contributed by atoms with van der Waals surface area (Å²) in [7, 11) is 0. The van der Waals surface area contributed by atoms with Crippen molar-refractivity contribution in [2.75, 3.05) is 39.3 Å². The van der Waals surface area contributed by atoms with Gasteiger partial charge >= 0.3 is 0 Å². The molecule has 1 fully saturated rings. The molecule has 1 N–H and O–H groups in total. The fraction of sp³-hybridized carbons (Fsp3) is 1.00. The van der Waals surface area contributed by atoms with Crippen molar-refractivity contribution in [3.63, 3.8) is 0 Å². The van der Waals surface area contributed by atoms with Crippen molar-refractivity contribution in [3.8, 4) is 0 Å². The Morgan fingerprint density at radius 2 is 2.06 bits per heavy atom. The van der Waals surface area contributed by atoms with Crippen molar-refractivity contribution in [1.29, 1.82) is 0 Å². The maximum atomic E-state index is 5.72. The highest BCUT2D eigenvalue weighted by Crippen LogP contribution is 2.14. The zero-order valence-electron chi connectivity index (χ0n) is 12.7. The van der Waals surface area contributed by atoms with Gasteiger partial charge in [0.1, 0.15) is 0 Å². The molecule has 0 aliphatic carbocycles. The minimum absolute atomic E-state index is 0.487. The highest BCUT2D eigenvalue weighted by atomic mass is 16.5. The largest absolute Gasteiger partial charge is 0.377 e. The highest BCUT2D eigenvalue weighted by molar-refractivity contribution is 4.72. The lowest BCUT2D eigenvalue weighted by molar-refractivity contribution is 0.0702. The fourth-order valence-corrected chi connectivity index (χ4v) is 2.53. The Kier molecular flexibility index (Phi) is 7.87. The van der Waals surface area contributed by atoms with E-state index in [2.05, 4.69) is 37.9 Å². The molecule has 3 heteroatoms. The lowest BCUT2D eigenvalue weighted by Crippen LogP contribution is -2.38. The van der Waals surface area contributed by atoms with Gasteiger partial charge < -0.3 is 15.0 Å². The molecule has 0 aromatic carbocycles. The van der Waals surface area contributed by atoms with Crippen molar-refractivity contribution >= 4 is 0 Å². The molecule has 1 rings (SSSR count). The number of likely N-dealkylation sites (N-methyl/N-ethyl adjacent to an activating group) is 1. The van der Waals surface area contributed by atoms with Crippen LogP contribution in [0.25, 0.3) is 0 Å². The third-order valence-corrected chi connectivity index (χ3v) is 3.55. The molecule has 0 amide bonds. The summed E-state index contributed by atoms with van der Waals surface area (Å²) >= 11 is 0. The first-order valence-corrected chi connectivity index (χ1v) is 7.66. The molecule has 0 spiro atoms. The Bertz CT molecular complexity index is 203. The molecular formula is C15H32N2O. The lowest BCUT2D eigenvalue weighted by Gasteiger charge is -2.27. The Hall–Kier alpha value is -0.120. The van der Waals surface area contributed by atoms with Gasteiger partial charge in [0.25, 0.3) is 0 Å². The second-order valence-corrected chi connectivity index (χ2v) is 6.14. The standard InChI is InChI=1S/C15H32N2O/c1-5-17(12-15-7-6-8-18-15)11-14(4)10-16-9-13(2)3/h13-16H,5-12H2,1-4H3. The predicted molar refractivity (Wildman–Crippen MR) is 78.0 cm³/mol. The van der Waals surface area contributed by atoms with E-state index in [1.165, 1.54) is 19.4 Å². The molecule has 108 valence electrons. The summed E-state index contributed by atoms with van der Waals surface area (Å²) in [5.74, 6) is 1.46. The summed E-state index contributed by atoms with van der Waals surface area (Å²) in [6.07, 6.45) is 2.98. The van der Waals surface area contributed by atoms with Crippen LogP contribution in [0.3, 0.4) is 0 Å². The molecule has 0 bridgehead atoms. The van der Waals surface area contributed by atoms with Gasteiger partial charge in [-0.25, -0.2) is 0 Å². The third-order valence-electron chi connectivity index (χ3n) is 3.55. The van der Waals surface area contributed by atoms with E-state index in [9.17, 15) is 0 Å². The van der Waals surface area contributed by atoms with Crippen LogP contribution in [0.1, 0.15) is 40.5 Å². The monoisotopic (exact) mass is 256 g/mol. The first-order chi connectivity index (χ1) is 8.61. The topological polar surface area (TPSA) is 24.5 Å². The van der Waals surface area contributed by atoms with Crippen LogP contribution in [0.4, 0.5) is 0 Å². The van der Waals surface area contributed by atoms with Crippen LogP contribution in [0.2, 0.25) is 0 Å². The summed E-state index contributed by atoms with van der Waals surface area (Å²) in [6.45, 7) is 15.8. The lowest BCUT2D eigenvalue weighted by atomic mass is 10.1. The van der Waals surface area contributed by atoms with Crippen LogP contribution in [0.5, 0.6) is 0 Å². The average Bonchev–Trinajstić information content (AvgIpc) is 2.80. The van der Waals surface area contributed by atoms with E-state index in [0.717, 1.165) is 38.7 Å². The number of rotatable bonds is 9. The van der Waals surface area contributed by atoms with Gasteiger partial charge in [0.15, 0.2) is 0 Å². The summed E-state index contributed by atoms with van der Waals surface area (Å²) < 4.78 is 5.72. The number of hydrogen-bond donors (Lipinski definition) is 1. The third kappa shape index (κ3) is 6.72. The first kappa shape index (κ1) is 15.9. The van der Waals surface area contributed by atoms with Crippen LogP contribution >= 0.6 is 0 Å². The molecule has 1 heterocycles. The van der Waals surface area contributed by atoms with E-state index in [1.54, 1.807) is 0 Å². The van der Waals surface area contributed by atoms with Crippen molar-refractivity contribution in [3.05, 3.63) is 0 Å². The van der Waals surface area contributed by atoms with Crippen molar-refractivity contribution < 1.29 is 4.74 Å². The first-order valence-electron chi connectivity index (χ1n) is 7.66. The molecule has 1 saturated heterocycles. The van der Waals surface area contributed by atoms with Crippen LogP contribution in [0.15, 0.2) is 0 Å². The van der Waals surface area contributed by atoms with Gasteiger partial charge in [-0.3, -0.25) is 0 Å². The van der Waals surface area contributed by atoms with Crippen LogP contribution in [-0.4, -0.2) is 50.3 Å². The van der Waals surface area contributed by atoms with E-state index in [1.807, 2.05) is 0 Å². The predicted octanol–water partition coefficient (Wildman–Crippen LogP) is 2.37. The van der Waals surface area contributed by atoms with E-state index in [4.69, 9.17) is 4.74 Å². The van der Waals surface area contributed by atoms with Crippen LogP contribution in [-0.2, 0) is 4.74 Å². The van der Waals surface area contributed by atoms with Gasteiger partial charge in [-0.2, -0.15) is 0 Å². The minimum atomic E-state index is 0.487.